The molecule has 0 fully saturated rings. The third-order valence-corrected chi connectivity index (χ3v) is 2.66. The number of alkyl halides is 1. The van der Waals surface area contributed by atoms with E-state index in [0.717, 1.165) is 11.1 Å². The van der Waals surface area contributed by atoms with Crippen LogP contribution in [-0.2, 0) is 5.88 Å². The molecule has 0 saturated carbocycles. The van der Waals surface area contributed by atoms with Crippen LogP contribution in [0.2, 0.25) is 0 Å². The monoisotopic (exact) mass is 251 g/mol. The standard InChI is InChI=1S/C13H11ClFNO/c1-9-6-11(15)2-3-12(9)17-13-8-16-5-4-10(13)7-14/h2-6,8H,7H2,1H3. The van der Waals surface area contributed by atoms with E-state index >= 15 is 0 Å². The van der Waals surface area contributed by atoms with E-state index < -0.39 is 0 Å². The summed E-state index contributed by atoms with van der Waals surface area (Å²) in [7, 11) is 0. The van der Waals surface area contributed by atoms with E-state index in [2.05, 4.69) is 4.98 Å². The van der Waals surface area contributed by atoms with E-state index in [1.807, 2.05) is 0 Å². The van der Waals surface area contributed by atoms with Crippen LogP contribution in [0, 0.1) is 12.7 Å². The molecule has 0 saturated heterocycles. The Hall–Kier alpha value is -1.61. The Balaban J connectivity index is 2.31. The quantitative estimate of drug-likeness (QED) is 0.768. The summed E-state index contributed by atoms with van der Waals surface area (Å²) in [6.45, 7) is 1.79. The third kappa shape index (κ3) is 2.74. The molecule has 0 amide bonds. The van der Waals surface area contributed by atoms with Gasteiger partial charge < -0.3 is 4.74 Å². The average molecular weight is 252 g/mol. The van der Waals surface area contributed by atoms with Gasteiger partial charge >= 0.3 is 0 Å². The number of ether oxygens (including phenoxy) is 1. The number of aromatic nitrogens is 1. The summed E-state index contributed by atoms with van der Waals surface area (Å²) >= 11 is 5.80. The number of rotatable bonds is 3. The normalized spacial score (nSPS) is 10.3. The lowest BCUT2D eigenvalue weighted by Gasteiger charge is -2.10. The molecular weight excluding hydrogens is 241 g/mol. The first-order valence-electron chi connectivity index (χ1n) is 5.13. The molecule has 0 aliphatic heterocycles. The van der Waals surface area contributed by atoms with Crippen LogP contribution in [0.4, 0.5) is 4.39 Å². The molecule has 4 heteroatoms. The summed E-state index contributed by atoms with van der Waals surface area (Å²) in [5, 5.41) is 0. The summed E-state index contributed by atoms with van der Waals surface area (Å²) in [6.07, 6.45) is 3.25. The van der Waals surface area contributed by atoms with Crippen LogP contribution in [0.25, 0.3) is 0 Å². The van der Waals surface area contributed by atoms with Crippen LogP contribution in [-0.4, -0.2) is 4.98 Å². The van der Waals surface area contributed by atoms with E-state index in [1.54, 1.807) is 31.5 Å². The highest BCUT2D eigenvalue weighted by atomic mass is 35.5. The van der Waals surface area contributed by atoms with Crippen LogP contribution in [0.15, 0.2) is 36.7 Å². The minimum atomic E-state index is -0.279. The number of halogens is 2. The van der Waals surface area contributed by atoms with Gasteiger partial charge in [-0.3, -0.25) is 4.98 Å². The Bertz CT molecular complexity index is 531. The number of hydrogen-bond donors (Lipinski definition) is 0. The zero-order chi connectivity index (χ0) is 12.3. The highest BCUT2D eigenvalue weighted by Gasteiger charge is 2.06. The van der Waals surface area contributed by atoms with Gasteiger partial charge in [-0.1, -0.05) is 0 Å². The largest absolute Gasteiger partial charge is 0.455 e. The van der Waals surface area contributed by atoms with Gasteiger partial charge in [-0.25, -0.2) is 4.39 Å². The number of nitrogens with zero attached hydrogens (tertiary/aromatic N) is 1. The van der Waals surface area contributed by atoms with Crippen molar-refractivity contribution in [2.24, 2.45) is 0 Å². The second-order valence-corrected chi connectivity index (χ2v) is 3.90. The maximum Gasteiger partial charge on any atom is 0.150 e. The van der Waals surface area contributed by atoms with Gasteiger partial charge in [-0.2, -0.15) is 0 Å². The maximum absolute atomic E-state index is 12.9. The van der Waals surface area contributed by atoms with Crippen molar-refractivity contribution < 1.29 is 9.13 Å². The van der Waals surface area contributed by atoms with Crippen LogP contribution in [0.1, 0.15) is 11.1 Å². The molecule has 0 spiro atoms. The van der Waals surface area contributed by atoms with Crippen molar-refractivity contribution in [3.05, 3.63) is 53.6 Å². The first kappa shape index (κ1) is 11.9. The Morgan fingerprint density at radius 2 is 2.12 bits per heavy atom. The van der Waals surface area contributed by atoms with Crippen LogP contribution >= 0.6 is 11.6 Å². The van der Waals surface area contributed by atoms with Crippen molar-refractivity contribution in [3.8, 4) is 11.5 Å². The maximum atomic E-state index is 12.9. The molecule has 1 aromatic carbocycles. The molecule has 1 aromatic heterocycles. The number of benzene rings is 1. The topological polar surface area (TPSA) is 22.1 Å². The third-order valence-electron chi connectivity index (χ3n) is 2.37. The molecule has 0 unspecified atom stereocenters. The molecule has 2 rings (SSSR count). The molecule has 88 valence electrons. The molecular formula is C13H11ClFNO. The van der Waals surface area contributed by atoms with E-state index in [1.165, 1.54) is 12.1 Å². The molecule has 0 atom stereocenters. The van der Waals surface area contributed by atoms with Crippen LogP contribution < -0.4 is 4.74 Å². The molecule has 0 radical (unpaired) electrons. The van der Waals surface area contributed by atoms with Gasteiger partial charge in [-0.05, 0) is 36.8 Å². The predicted octanol–water partition coefficient (Wildman–Crippen LogP) is 4.06. The van der Waals surface area contributed by atoms with Gasteiger partial charge in [0.2, 0.25) is 0 Å². The molecule has 0 N–H and O–H groups in total. The summed E-state index contributed by atoms with van der Waals surface area (Å²) in [4.78, 5) is 3.98. The number of pyridine rings is 1. The predicted molar refractivity (Wildman–Crippen MR) is 65.0 cm³/mol. The van der Waals surface area contributed by atoms with E-state index in [9.17, 15) is 4.39 Å². The number of aryl methyl sites for hydroxylation is 1. The molecule has 0 aliphatic carbocycles. The first-order valence-corrected chi connectivity index (χ1v) is 5.67. The van der Waals surface area contributed by atoms with Gasteiger partial charge in [0.1, 0.15) is 17.3 Å². The van der Waals surface area contributed by atoms with Crippen LogP contribution in [0.5, 0.6) is 11.5 Å². The average Bonchev–Trinajstić information content (AvgIpc) is 2.33. The number of hydrogen-bond acceptors (Lipinski definition) is 2. The lowest BCUT2D eigenvalue weighted by molar-refractivity contribution is 0.470. The van der Waals surface area contributed by atoms with E-state index in [0.29, 0.717) is 17.4 Å². The molecule has 2 nitrogen and oxygen atoms in total. The summed E-state index contributed by atoms with van der Waals surface area (Å²) in [5.41, 5.74) is 1.58. The Kier molecular flexibility index (Phi) is 3.59. The fraction of sp³-hybridized carbons (Fsp3) is 0.154. The molecule has 2 aromatic rings. The first-order chi connectivity index (χ1) is 8.20. The van der Waals surface area contributed by atoms with Gasteiger partial charge in [0, 0.05) is 11.8 Å². The Labute approximate surface area is 104 Å². The lowest BCUT2D eigenvalue weighted by atomic mass is 10.2. The molecule has 0 bridgehead atoms. The van der Waals surface area contributed by atoms with Gasteiger partial charge in [0.25, 0.3) is 0 Å². The smallest absolute Gasteiger partial charge is 0.150 e. The van der Waals surface area contributed by atoms with Gasteiger partial charge in [0.15, 0.2) is 0 Å². The van der Waals surface area contributed by atoms with E-state index in [-0.39, 0.29) is 5.82 Å². The molecule has 0 aliphatic rings. The fourth-order valence-corrected chi connectivity index (χ4v) is 1.68. The van der Waals surface area contributed by atoms with Crippen molar-refractivity contribution in [2.45, 2.75) is 12.8 Å². The van der Waals surface area contributed by atoms with Crippen molar-refractivity contribution in [1.82, 2.24) is 4.98 Å². The summed E-state index contributed by atoms with van der Waals surface area (Å²) in [5.74, 6) is 1.26. The van der Waals surface area contributed by atoms with Crippen molar-refractivity contribution >= 4 is 11.6 Å². The highest BCUT2D eigenvalue weighted by molar-refractivity contribution is 6.17. The molecule has 17 heavy (non-hydrogen) atoms. The van der Waals surface area contributed by atoms with Gasteiger partial charge in [0.05, 0.1) is 12.1 Å². The SMILES string of the molecule is Cc1cc(F)ccc1Oc1cnccc1CCl. The van der Waals surface area contributed by atoms with E-state index in [4.69, 9.17) is 16.3 Å². The second-order valence-electron chi connectivity index (χ2n) is 3.63. The lowest BCUT2D eigenvalue weighted by Crippen LogP contribution is -1.93. The minimum absolute atomic E-state index is 0.279. The highest BCUT2D eigenvalue weighted by Crippen LogP contribution is 2.28. The zero-order valence-electron chi connectivity index (χ0n) is 9.28. The van der Waals surface area contributed by atoms with Crippen molar-refractivity contribution in [1.29, 1.82) is 0 Å². The van der Waals surface area contributed by atoms with Crippen molar-refractivity contribution in [2.75, 3.05) is 0 Å². The van der Waals surface area contributed by atoms with Crippen molar-refractivity contribution in [3.63, 3.8) is 0 Å². The Morgan fingerprint density at radius 1 is 1.29 bits per heavy atom. The van der Waals surface area contributed by atoms with Crippen LogP contribution in [0.3, 0.4) is 0 Å². The Morgan fingerprint density at radius 3 is 2.82 bits per heavy atom. The minimum Gasteiger partial charge on any atom is -0.455 e. The summed E-state index contributed by atoms with van der Waals surface area (Å²) < 4.78 is 18.6. The molecule has 1 heterocycles. The van der Waals surface area contributed by atoms with Gasteiger partial charge in [-0.15, -0.1) is 11.6 Å². The zero-order valence-corrected chi connectivity index (χ0v) is 10.0. The summed E-state index contributed by atoms with van der Waals surface area (Å²) in [6, 6.07) is 6.17. The fourth-order valence-electron chi connectivity index (χ4n) is 1.46. The second kappa shape index (κ2) is 5.15.